The van der Waals surface area contributed by atoms with Crippen LogP contribution in [0.2, 0.25) is 15.1 Å². The quantitative estimate of drug-likeness (QED) is 0.638. The van der Waals surface area contributed by atoms with Crippen molar-refractivity contribution in [1.29, 1.82) is 0 Å². The molecule has 4 rings (SSSR count). The summed E-state index contributed by atoms with van der Waals surface area (Å²) in [5, 5.41) is 2.57. The Balaban J connectivity index is 1.74. The number of benzene rings is 2. The topological polar surface area (TPSA) is 62.1 Å². The average molecular weight is 409 g/mol. The number of hydrogen-bond donors (Lipinski definition) is 2. The molecule has 1 aliphatic rings. The van der Waals surface area contributed by atoms with Gasteiger partial charge in [-0.25, -0.2) is 0 Å². The number of fused-ring (bicyclic) bond motifs is 3. The Labute approximate surface area is 165 Å². The fourth-order valence-corrected chi connectivity index (χ4v) is 4.09. The van der Waals surface area contributed by atoms with E-state index in [-0.39, 0.29) is 11.9 Å². The normalized spacial score (nSPS) is 16.8. The summed E-state index contributed by atoms with van der Waals surface area (Å²) in [5.74, 6) is -0.110. The van der Waals surface area contributed by atoms with E-state index in [2.05, 4.69) is 4.98 Å². The summed E-state index contributed by atoms with van der Waals surface area (Å²) in [4.78, 5) is 18.3. The fraction of sp³-hybridized carbons (Fsp3) is 0.211. The summed E-state index contributed by atoms with van der Waals surface area (Å²) < 4.78 is 0. The number of H-pyrrole nitrogens is 1. The maximum absolute atomic E-state index is 13.0. The average Bonchev–Trinajstić information content (AvgIpc) is 3.00. The second-order valence-electron chi connectivity index (χ2n) is 6.34. The molecule has 134 valence electrons. The third-order valence-electron chi connectivity index (χ3n) is 4.86. The first-order valence-electron chi connectivity index (χ1n) is 8.25. The molecule has 4 nitrogen and oxygen atoms in total. The van der Waals surface area contributed by atoms with Gasteiger partial charge in [0.25, 0.3) is 5.91 Å². The molecule has 2 aromatic carbocycles. The van der Waals surface area contributed by atoms with Crippen LogP contribution in [0.5, 0.6) is 0 Å². The van der Waals surface area contributed by atoms with E-state index in [4.69, 9.17) is 40.5 Å². The number of nitrogens with one attached hydrogen (secondary N) is 1. The minimum atomic E-state index is -0.230. The lowest BCUT2D eigenvalue weighted by molar-refractivity contribution is 0.0664. The molecule has 7 heteroatoms. The Morgan fingerprint density at radius 3 is 2.69 bits per heavy atom. The Bertz CT molecular complexity index is 1010. The van der Waals surface area contributed by atoms with Crippen LogP contribution in [0.4, 0.5) is 0 Å². The lowest BCUT2D eigenvalue weighted by atomic mass is 9.96. The second-order valence-corrected chi connectivity index (χ2v) is 7.59. The Kier molecular flexibility index (Phi) is 4.61. The highest BCUT2D eigenvalue weighted by atomic mass is 35.5. The number of halogens is 3. The van der Waals surface area contributed by atoms with Crippen molar-refractivity contribution in [2.24, 2.45) is 5.73 Å². The van der Waals surface area contributed by atoms with Crippen LogP contribution >= 0.6 is 34.8 Å². The maximum atomic E-state index is 13.0. The first kappa shape index (κ1) is 17.7. The molecule has 0 bridgehead atoms. The predicted octanol–water partition coefficient (Wildman–Crippen LogP) is 4.83. The van der Waals surface area contributed by atoms with Gasteiger partial charge in [0.05, 0.1) is 16.1 Å². The van der Waals surface area contributed by atoms with Crippen molar-refractivity contribution in [2.75, 3.05) is 13.1 Å². The molecule has 1 amide bonds. The molecule has 26 heavy (non-hydrogen) atoms. The van der Waals surface area contributed by atoms with Crippen LogP contribution in [0, 0.1) is 0 Å². The smallest absolute Gasteiger partial charge is 0.254 e. The standard InChI is InChI=1S/C19H16Cl3N3O/c20-11-2-4-16-13(8-11)12-5-6-25(17(9-23)18(12)24-16)19(26)10-1-3-14(21)15(22)7-10/h1-4,7-8,17,24H,5-6,9,23H2. The molecule has 1 atom stereocenters. The van der Waals surface area contributed by atoms with Crippen molar-refractivity contribution in [2.45, 2.75) is 12.5 Å². The third kappa shape index (κ3) is 2.87. The molecule has 0 aliphatic carbocycles. The number of hydrogen-bond acceptors (Lipinski definition) is 2. The number of rotatable bonds is 2. The molecular formula is C19H16Cl3N3O. The van der Waals surface area contributed by atoms with Crippen LogP contribution in [0.25, 0.3) is 10.9 Å². The summed E-state index contributed by atoms with van der Waals surface area (Å²) in [6.45, 7) is 0.897. The Hall–Kier alpha value is -1.72. The molecule has 1 aromatic heterocycles. The van der Waals surface area contributed by atoms with E-state index in [0.29, 0.717) is 33.7 Å². The van der Waals surface area contributed by atoms with E-state index < -0.39 is 0 Å². The predicted molar refractivity (Wildman–Crippen MR) is 106 cm³/mol. The molecular weight excluding hydrogens is 393 g/mol. The van der Waals surface area contributed by atoms with Crippen molar-refractivity contribution < 1.29 is 4.79 Å². The second kappa shape index (κ2) is 6.78. The summed E-state index contributed by atoms with van der Waals surface area (Å²) in [5.41, 5.74) is 9.70. The van der Waals surface area contributed by atoms with E-state index in [1.165, 1.54) is 5.56 Å². The van der Waals surface area contributed by atoms with Crippen LogP contribution in [0.15, 0.2) is 36.4 Å². The molecule has 3 N–H and O–H groups in total. The lowest BCUT2D eigenvalue weighted by Gasteiger charge is -2.35. The molecule has 0 radical (unpaired) electrons. The van der Waals surface area contributed by atoms with Crippen LogP contribution in [0.3, 0.4) is 0 Å². The van der Waals surface area contributed by atoms with Gasteiger partial charge in [-0.3, -0.25) is 4.79 Å². The molecule has 0 spiro atoms. The highest BCUT2D eigenvalue weighted by molar-refractivity contribution is 6.42. The van der Waals surface area contributed by atoms with Crippen LogP contribution in [-0.4, -0.2) is 28.9 Å². The van der Waals surface area contributed by atoms with Gasteiger partial charge in [-0.15, -0.1) is 0 Å². The van der Waals surface area contributed by atoms with Crippen LogP contribution < -0.4 is 5.73 Å². The van der Waals surface area contributed by atoms with Gasteiger partial charge in [-0.2, -0.15) is 0 Å². The largest absolute Gasteiger partial charge is 0.356 e. The zero-order valence-corrected chi connectivity index (χ0v) is 16.0. The van der Waals surface area contributed by atoms with Gasteiger partial charge in [0, 0.05) is 40.3 Å². The maximum Gasteiger partial charge on any atom is 0.254 e. The first-order valence-corrected chi connectivity index (χ1v) is 9.39. The number of carbonyl (C=O) groups is 1. The van der Waals surface area contributed by atoms with E-state index in [9.17, 15) is 4.79 Å². The molecule has 1 aliphatic heterocycles. The van der Waals surface area contributed by atoms with Gasteiger partial charge < -0.3 is 15.6 Å². The van der Waals surface area contributed by atoms with Gasteiger partial charge in [-0.05, 0) is 48.4 Å². The Morgan fingerprint density at radius 1 is 1.15 bits per heavy atom. The summed E-state index contributed by atoms with van der Waals surface area (Å²) in [7, 11) is 0. The van der Waals surface area contributed by atoms with Crippen molar-refractivity contribution >= 4 is 51.6 Å². The SMILES string of the molecule is NCC1c2[nH]c3ccc(Cl)cc3c2CCN1C(=O)c1ccc(Cl)c(Cl)c1. The monoisotopic (exact) mass is 407 g/mol. The summed E-state index contributed by atoms with van der Waals surface area (Å²) >= 11 is 18.2. The molecule has 0 fully saturated rings. The molecule has 1 unspecified atom stereocenters. The highest BCUT2D eigenvalue weighted by Gasteiger charge is 2.33. The van der Waals surface area contributed by atoms with Crippen molar-refractivity contribution in [3.63, 3.8) is 0 Å². The van der Waals surface area contributed by atoms with Gasteiger partial charge in [0.1, 0.15) is 0 Å². The lowest BCUT2D eigenvalue weighted by Crippen LogP contribution is -2.43. The first-order chi connectivity index (χ1) is 12.5. The zero-order valence-electron chi connectivity index (χ0n) is 13.7. The molecule has 3 aromatic rings. The fourth-order valence-electron chi connectivity index (χ4n) is 3.62. The third-order valence-corrected chi connectivity index (χ3v) is 5.84. The van der Waals surface area contributed by atoms with Crippen molar-refractivity contribution in [3.05, 3.63) is 68.3 Å². The van der Waals surface area contributed by atoms with Gasteiger partial charge in [0.2, 0.25) is 0 Å². The zero-order chi connectivity index (χ0) is 18.4. The van der Waals surface area contributed by atoms with Crippen LogP contribution in [-0.2, 0) is 6.42 Å². The van der Waals surface area contributed by atoms with E-state index in [1.807, 2.05) is 18.2 Å². The minimum Gasteiger partial charge on any atom is -0.356 e. The molecule has 2 heterocycles. The number of nitrogens with zero attached hydrogens (tertiary/aromatic N) is 1. The van der Waals surface area contributed by atoms with Gasteiger partial charge in [0.15, 0.2) is 0 Å². The van der Waals surface area contributed by atoms with Crippen molar-refractivity contribution in [1.82, 2.24) is 9.88 Å². The van der Waals surface area contributed by atoms with Gasteiger partial charge in [-0.1, -0.05) is 34.8 Å². The highest BCUT2D eigenvalue weighted by Crippen LogP contribution is 2.36. The number of carbonyl (C=O) groups excluding carboxylic acids is 1. The Morgan fingerprint density at radius 2 is 1.96 bits per heavy atom. The number of nitrogens with two attached hydrogens (primary N) is 1. The van der Waals surface area contributed by atoms with E-state index >= 15 is 0 Å². The molecule has 0 saturated carbocycles. The number of aromatic nitrogens is 1. The van der Waals surface area contributed by atoms with E-state index in [1.54, 1.807) is 23.1 Å². The summed E-state index contributed by atoms with van der Waals surface area (Å²) in [6, 6.07) is 10.4. The molecule has 0 saturated heterocycles. The van der Waals surface area contributed by atoms with Gasteiger partial charge >= 0.3 is 0 Å². The number of aromatic amines is 1. The number of amides is 1. The van der Waals surface area contributed by atoms with Crippen molar-refractivity contribution in [3.8, 4) is 0 Å². The van der Waals surface area contributed by atoms with Crippen LogP contribution in [0.1, 0.15) is 27.7 Å². The van der Waals surface area contributed by atoms with E-state index in [0.717, 1.165) is 23.0 Å². The summed E-state index contributed by atoms with van der Waals surface area (Å²) in [6.07, 6.45) is 0.735. The minimum absolute atomic E-state index is 0.110.